The minimum absolute atomic E-state index is 0.611. The van der Waals surface area contributed by atoms with Crippen LogP contribution in [0, 0.1) is 12.3 Å². The zero-order valence-corrected chi connectivity index (χ0v) is 4.35. The number of terminal acetylenes is 1. The van der Waals surface area contributed by atoms with Crippen LogP contribution in [-0.2, 0) is 0 Å². The van der Waals surface area contributed by atoms with Crippen LogP contribution in [0.4, 0.5) is 0 Å². The van der Waals surface area contributed by atoms with Crippen LogP contribution in [0.15, 0.2) is 0 Å². The summed E-state index contributed by atoms with van der Waals surface area (Å²) in [5.74, 6) is 2.33. The summed E-state index contributed by atoms with van der Waals surface area (Å²) in [4.78, 5) is 8.06. The zero-order chi connectivity index (χ0) is 4.12. The second-order valence-corrected chi connectivity index (χ2v) is 1.62. The summed E-state index contributed by atoms with van der Waals surface area (Å²) in [6.07, 6.45) is 4.76. The molecule has 0 unspecified atom stereocenters. The molecule has 0 amide bonds. The SMILES string of the molecule is C#CC[SiH2]O. The van der Waals surface area contributed by atoms with Crippen LogP contribution >= 0.6 is 0 Å². The second kappa shape index (κ2) is 3.74. The van der Waals surface area contributed by atoms with Crippen molar-refractivity contribution in [3.05, 3.63) is 0 Å². The van der Waals surface area contributed by atoms with Crippen molar-refractivity contribution in [3.8, 4) is 12.3 Å². The fraction of sp³-hybridized carbons (Fsp3) is 0.333. The van der Waals surface area contributed by atoms with Crippen molar-refractivity contribution in [3.63, 3.8) is 0 Å². The molecule has 0 aromatic rings. The van der Waals surface area contributed by atoms with Crippen LogP contribution in [0.25, 0.3) is 0 Å². The summed E-state index contributed by atoms with van der Waals surface area (Å²) < 4.78 is 0. The molecule has 0 radical (unpaired) electrons. The van der Waals surface area contributed by atoms with Gasteiger partial charge >= 0.3 is 0 Å². The summed E-state index contributed by atoms with van der Waals surface area (Å²) in [5.41, 5.74) is 0. The summed E-state index contributed by atoms with van der Waals surface area (Å²) >= 11 is 0. The molecule has 28 valence electrons. The van der Waals surface area contributed by atoms with E-state index < -0.39 is 9.76 Å². The quantitative estimate of drug-likeness (QED) is 0.324. The van der Waals surface area contributed by atoms with Crippen LogP contribution in [0.2, 0.25) is 6.04 Å². The van der Waals surface area contributed by atoms with Crippen LogP contribution in [0.1, 0.15) is 0 Å². The molecule has 5 heavy (non-hydrogen) atoms. The highest BCUT2D eigenvalue weighted by atomic mass is 28.2. The van der Waals surface area contributed by atoms with Crippen molar-refractivity contribution < 1.29 is 4.80 Å². The molecule has 0 aliphatic carbocycles. The van der Waals surface area contributed by atoms with E-state index in [-0.39, 0.29) is 0 Å². The van der Waals surface area contributed by atoms with Crippen molar-refractivity contribution in [1.29, 1.82) is 0 Å². The Hall–Kier alpha value is -0.263. The lowest BCUT2D eigenvalue weighted by molar-refractivity contribution is 0.606. The fourth-order valence-corrected chi connectivity index (χ4v) is 0.194. The van der Waals surface area contributed by atoms with Gasteiger partial charge in [0, 0.05) is 6.04 Å². The van der Waals surface area contributed by atoms with Crippen molar-refractivity contribution in [2.24, 2.45) is 0 Å². The third-order valence-electron chi connectivity index (χ3n) is 0.256. The van der Waals surface area contributed by atoms with E-state index in [0.717, 1.165) is 0 Å². The van der Waals surface area contributed by atoms with Crippen LogP contribution in [0.3, 0.4) is 0 Å². The monoisotopic (exact) mass is 86.0 g/mol. The van der Waals surface area contributed by atoms with E-state index in [4.69, 9.17) is 11.2 Å². The molecule has 1 nitrogen and oxygen atoms in total. The van der Waals surface area contributed by atoms with E-state index in [0.29, 0.717) is 6.04 Å². The van der Waals surface area contributed by atoms with Gasteiger partial charge < -0.3 is 4.80 Å². The normalized spacial score (nSPS) is 8.80. The molecule has 0 fully saturated rings. The standard InChI is InChI=1S/C3H6OSi/c1-2-3-5-4/h1,4H,3,5H2. The van der Waals surface area contributed by atoms with Crippen molar-refractivity contribution >= 4 is 9.76 Å². The first-order valence-electron chi connectivity index (χ1n) is 1.46. The maximum atomic E-state index is 8.06. The minimum atomic E-state index is -0.822. The summed E-state index contributed by atoms with van der Waals surface area (Å²) in [5, 5.41) is 0. The first-order chi connectivity index (χ1) is 2.41. The van der Waals surface area contributed by atoms with Gasteiger partial charge in [-0.05, 0) is 0 Å². The van der Waals surface area contributed by atoms with Gasteiger partial charge in [-0.15, -0.1) is 12.3 Å². The highest BCUT2D eigenvalue weighted by molar-refractivity contribution is 6.26. The molecule has 0 heterocycles. The Morgan fingerprint density at radius 2 is 2.60 bits per heavy atom. The molecular weight excluding hydrogens is 80.1 g/mol. The largest absolute Gasteiger partial charge is 0.437 e. The molecule has 0 aliphatic heterocycles. The number of rotatable bonds is 1. The van der Waals surface area contributed by atoms with Gasteiger partial charge in [0.2, 0.25) is 0 Å². The Labute approximate surface area is 34.0 Å². The van der Waals surface area contributed by atoms with Crippen molar-refractivity contribution in [1.82, 2.24) is 0 Å². The van der Waals surface area contributed by atoms with E-state index in [9.17, 15) is 0 Å². The van der Waals surface area contributed by atoms with Crippen molar-refractivity contribution in [2.75, 3.05) is 0 Å². The van der Waals surface area contributed by atoms with Gasteiger partial charge in [0.25, 0.3) is 0 Å². The highest BCUT2D eigenvalue weighted by Gasteiger charge is 1.65. The molecular formula is C3H6OSi. The van der Waals surface area contributed by atoms with Crippen LogP contribution < -0.4 is 0 Å². The van der Waals surface area contributed by atoms with Gasteiger partial charge in [0.15, 0.2) is 9.76 Å². The molecule has 0 saturated carbocycles. The molecule has 2 heteroatoms. The zero-order valence-electron chi connectivity index (χ0n) is 2.94. The molecule has 0 bridgehead atoms. The van der Waals surface area contributed by atoms with Gasteiger partial charge in [0.1, 0.15) is 0 Å². The number of hydrogen-bond acceptors (Lipinski definition) is 1. The maximum absolute atomic E-state index is 8.06. The lowest BCUT2D eigenvalue weighted by atomic mass is 10.8. The number of hydrogen-bond donors (Lipinski definition) is 1. The molecule has 0 rings (SSSR count). The highest BCUT2D eigenvalue weighted by Crippen LogP contribution is 1.61. The van der Waals surface area contributed by atoms with Crippen LogP contribution in [0.5, 0.6) is 0 Å². The Morgan fingerprint density at radius 3 is 2.60 bits per heavy atom. The first-order valence-corrected chi connectivity index (χ1v) is 3.09. The molecule has 0 aliphatic rings. The third kappa shape index (κ3) is 3.74. The summed E-state index contributed by atoms with van der Waals surface area (Å²) in [6, 6.07) is 0.611. The van der Waals surface area contributed by atoms with Gasteiger partial charge in [0.05, 0.1) is 0 Å². The molecule has 0 aromatic heterocycles. The predicted octanol–water partition coefficient (Wildman–Crippen LogP) is -0.886. The van der Waals surface area contributed by atoms with E-state index in [1.54, 1.807) is 0 Å². The minimum Gasteiger partial charge on any atom is -0.437 e. The van der Waals surface area contributed by atoms with Crippen molar-refractivity contribution in [2.45, 2.75) is 6.04 Å². The molecule has 0 atom stereocenters. The summed E-state index contributed by atoms with van der Waals surface area (Å²) in [7, 11) is -0.822. The van der Waals surface area contributed by atoms with Gasteiger partial charge in [-0.2, -0.15) is 0 Å². The Kier molecular flexibility index (Phi) is 3.54. The third-order valence-corrected chi connectivity index (χ3v) is 0.768. The molecule has 0 spiro atoms. The lowest BCUT2D eigenvalue weighted by Crippen LogP contribution is -1.78. The van der Waals surface area contributed by atoms with Gasteiger partial charge in [-0.25, -0.2) is 0 Å². The Balaban J connectivity index is 2.48. The average Bonchev–Trinajstić information content (AvgIpc) is 1.41. The molecule has 1 N–H and O–H groups in total. The van der Waals surface area contributed by atoms with E-state index in [2.05, 4.69) is 5.92 Å². The molecule has 0 saturated heterocycles. The molecule has 0 aromatic carbocycles. The van der Waals surface area contributed by atoms with Gasteiger partial charge in [-0.1, -0.05) is 0 Å². The lowest BCUT2D eigenvalue weighted by Gasteiger charge is -1.68. The fourth-order valence-electron chi connectivity index (χ4n) is 0.0645. The summed E-state index contributed by atoms with van der Waals surface area (Å²) in [6.45, 7) is 0. The Bertz CT molecular complexity index is 45.3. The van der Waals surface area contributed by atoms with E-state index >= 15 is 0 Å². The topological polar surface area (TPSA) is 20.2 Å². The smallest absolute Gasteiger partial charge is 0.168 e. The van der Waals surface area contributed by atoms with Crippen LogP contribution in [-0.4, -0.2) is 14.6 Å². The maximum Gasteiger partial charge on any atom is 0.168 e. The van der Waals surface area contributed by atoms with E-state index in [1.165, 1.54) is 0 Å². The average molecular weight is 86.2 g/mol. The Morgan fingerprint density at radius 1 is 2.00 bits per heavy atom. The van der Waals surface area contributed by atoms with Gasteiger partial charge in [-0.3, -0.25) is 0 Å². The predicted molar refractivity (Wildman–Crippen MR) is 24.4 cm³/mol. The second-order valence-electron chi connectivity index (χ2n) is 0.678. The first kappa shape index (κ1) is 4.74. The van der Waals surface area contributed by atoms with E-state index in [1.807, 2.05) is 0 Å².